The van der Waals surface area contributed by atoms with Crippen LogP contribution in [0.25, 0.3) is 0 Å². The van der Waals surface area contributed by atoms with E-state index in [2.05, 4.69) is 15.9 Å². The van der Waals surface area contributed by atoms with Crippen LogP contribution in [0.15, 0.2) is 22.7 Å². The zero-order valence-corrected chi connectivity index (χ0v) is 10.4. The molecule has 16 heavy (non-hydrogen) atoms. The number of hydrogen-bond acceptors (Lipinski definition) is 3. The molecule has 1 atom stereocenters. The highest BCUT2D eigenvalue weighted by Gasteiger charge is 2.15. The van der Waals surface area contributed by atoms with Gasteiger partial charge in [0, 0.05) is 29.8 Å². The number of nitrogens with two attached hydrogens (primary N) is 1. The van der Waals surface area contributed by atoms with E-state index in [1.165, 1.54) is 6.07 Å². The standard InChI is InChI=1S/C11H15BrFNO2/c12-8-2-3-10(13)9(6-8)11(7-14)16-5-1-4-15/h2-3,6,11,15H,1,4-5,7,14H2. The van der Waals surface area contributed by atoms with E-state index in [4.69, 9.17) is 15.6 Å². The number of aliphatic hydroxyl groups excluding tert-OH is 1. The summed E-state index contributed by atoms with van der Waals surface area (Å²) in [4.78, 5) is 0. The maximum Gasteiger partial charge on any atom is 0.129 e. The Labute approximate surface area is 103 Å². The van der Waals surface area contributed by atoms with E-state index in [0.717, 1.165) is 4.47 Å². The van der Waals surface area contributed by atoms with E-state index in [1.807, 2.05) is 0 Å². The maximum absolute atomic E-state index is 13.5. The molecule has 0 heterocycles. The summed E-state index contributed by atoms with van der Waals surface area (Å²) < 4.78 is 19.7. The monoisotopic (exact) mass is 291 g/mol. The third-order valence-electron chi connectivity index (χ3n) is 2.14. The summed E-state index contributed by atoms with van der Waals surface area (Å²) in [6.07, 6.45) is 0.0515. The lowest BCUT2D eigenvalue weighted by Crippen LogP contribution is -2.18. The van der Waals surface area contributed by atoms with Crippen molar-refractivity contribution in [1.82, 2.24) is 0 Å². The summed E-state index contributed by atoms with van der Waals surface area (Å²) >= 11 is 3.27. The summed E-state index contributed by atoms with van der Waals surface area (Å²) in [5.74, 6) is -0.331. The molecule has 0 aromatic heterocycles. The molecule has 90 valence electrons. The summed E-state index contributed by atoms with van der Waals surface area (Å²) in [6, 6.07) is 4.66. The molecule has 0 radical (unpaired) electrons. The van der Waals surface area contributed by atoms with Crippen molar-refractivity contribution in [2.24, 2.45) is 5.73 Å². The third-order valence-corrected chi connectivity index (χ3v) is 2.63. The van der Waals surface area contributed by atoms with Crippen LogP contribution in [0.2, 0.25) is 0 Å². The predicted octanol–water partition coefficient (Wildman–Crippen LogP) is 1.99. The van der Waals surface area contributed by atoms with Gasteiger partial charge in [-0.05, 0) is 24.6 Å². The minimum atomic E-state index is -0.468. The Balaban J connectivity index is 2.73. The Hall–Kier alpha value is -0.490. The average molecular weight is 292 g/mol. The van der Waals surface area contributed by atoms with Gasteiger partial charge in [0.1, 0.15) is 5.82 Å². The molecule has 1 aromatic carbocycles. The first kappa shape index (κ1) is 13.6. The van der Waals surface area contributed by atoms with Crippen LogP contribution in [-0.4, -0.2) is 24.9 Å². The second-order valence-electron chi connectivity index (χ2n) is 3.34. The summed E-state index contributed by atoms with van der Waals surface area (Å²) in [5.41, 5.74) is 5.98. The van der Waals surface area contributed by atoms with E-state index in [1.54, 1.807) is 12.1 Å². The highest BCUT2D eigenvalue weighted by atomic mass is 79.9. The molecule has 3 nitrogen and oxygen atoms in total. The maximum atomic E-state index is 13.5. The van der Waals surface area contributed by atoms with Crippen molar-refractivity contribution in [2.75, 3.05) is 19.8 Å². The molecule has 1 aromatic rings. The van der Waals surface area contributed by atoms with Crippen molar-refractivity contribution in [1.29, 1.82) is 0 Å². The number of halogens is 2. The number of hydrogen-bond donors (Lipinski definition) is 2. The van der Waals surface area contributed by atoms with Crippen molar-refractivity contribution in [3.05, 3.63) is 34.1 Å². The number of ether oxygens (including phenoxy) is 1. The molecule has 0 bridgehead atoms. The largest absolute Gasteiger partial charge is 0.396 e. The number of rotatable bonds is 6. The fraction of sp³-hybridized carbons (Fsp3) is 0.455. The van der Waals surface area contributed by atoms with Crippen LogP contribution in [0.5, 0.6) is 0 Å². The molecular weight excluding hydrogens is 277 g/mol. The van der Waals surface area contributed by atoms with Crippen LogP contribution in [0.4, 0.5) is 4.39 Å². The van der Waals surface area contributed by atoms with E-state index < -0.39 is 6.10 Å². The first-order valence-corrected chi connectivity index (χ1v) is 5.85. The van der Waals surface area contributed by atoms with Crippen LogP contribution >= 0.6 is 15.9 Å². The van der Waals surface area contributed by atoms with Crippen LogP contribution < -0.4 is 5.73 Å². The van der Waals surface area contributed by atoms with E-state index in [-0.39, 0.29) is 19.0 Å². The normalized spacial score (nSPS) is 12.8. The SMILES string of the molecule is NCC(OCCCO)c1cc(Br)ccc1F. The lowest BCUT2D eigenvalue weighted by atomic mass is 10.1. The fourth-order valence-corrected chi connectivity index (χ4v) is 1.72. The smallest absolute Gasteiger partial charge is 0.129 e. The average Bonchev–Trinajstić information content (AvgIpc) is 2.28. The van der Waals surface area contributed by atoms with Crippen LogP contribution in [-0.2, 0) is 4.74 Å². The van der Waals surface area contributed by atoms with Crippen molar-refractivity contribution in [2.45, 2.75) is 12.5 Å². The van der Waals surface area contributed by atoms with Crippen molar-refractivity contribution >= 4 is 15.9 Å². The summed E-state index contributed by atoms with van der Waals surface area (Å²) in [5, 5.41) is 8.63. The quantitative estimate of drug-likeness (QED) is 0.788. The highest BCUT2D eigenvalue weighted by molar-refractivity contribution is 9.10. The van der Waals surface area contributed by atoms with E-state index in [0.29, 0.717) is 18.6 Å². The predicted molar refractivity (Wildman–Crippen MR) is 63.6 cm³/mol. The Morgan fingerprint density at radius 1 is 1.50 bits per heavy atom. The van der Waals surface area contributed by atoms with Gasteiger partial charge in [-0.25, -0.2) is 4.39 Å². The molecule has 0 aliphatic rings. The number of aliphatic hydroxyl groups is 1. The first-order chi connectivity index (χ1) is 7.69. The molecule has 0 spiro atoms. The molecule has 0 aliphatic carbocycles. The molecule has 3 N–H and O–H groups in total. The zero-order valence-electron chi connectivity index (χ0n) is 8.83. The first-order valence-electron chi connectivity index (χ1n) is 5.06. The van der Waals surface area contributed by atoms with Gasteiger partial charge >= 0.3 is 0 Å². The van der Waals surface area contributed by atoms with Gasteiger partial charge in [0.25, 0.3) is 0 Å². The molecule has 0 aliphatic heterocycles. The van der Waals surface area contributed by atoms with E-state index >= 15 is 0 Å². The Kier molecular flexibility index (Phi) is 5.90. The molecule has 1 rings (SSSR count). The minimum absolute atomic E-state index is 0.0538. The van der Waals surface area contributed by atoms with Gasteiger partial charge in [-0.1, -0.05) is 15.9 Å². The van der Waals surface area contributed by atoms with E-state index in [9.17, 15) is 4.39 Å². The molecular formula is C11H15BrFNO2. The Morgan fingerprint density at radius 3 is 2.88 bits per heavy atom. The fourth-order valence-electron chi connectivity index (χ4n) is 1.34. The Bertz CT molecular complexity index is 336. The zero-order chi connectivity index (χ0) is 12.0. The molecule has 0 fully saturated rings. The van der Waals surface area contributed by atoms with Crippen LogP contribution in [0.1, 0.15) is 18.1 Å². The van der Waals surface area contributed by atoms with Gasteiger partial charge < -0.3 is 15.6 Å². The molecule has 0 saturated heterocycles. The third kappa shape index (κ3) is 3.83. The summed E-state index contributed by atoms with van der Waals surface area (Å²) in [7, 11) is 0. The Morgan fingerprint density at radius 2 is 2.25 bits per heavy atom. The second kappa shape index (κ2) is 6.96. The topological polar surface area (TPSA) is 55.5 Å². The van der Waals surface area contributed by atoms with Crippen molar-refractivity contribution in [3.63, 3.8) is 0 Å². The molecule has 1 unspecified atom stereocenters. The van der Waals surface area contributed by atoms with Crippen LogP contribution in [0.3, 0.4) is 0 Å². The molecule has 5 heteroatoms. The molecule has 0 saturated carbocycles. The van der Waals surface area contributed by atoms with Gasteiger partial charge in [0.2, 0.25) is 0 Å². The lowest BCUT2D eigenvalue weighted by Gasteiger charge is -2.17. The lowest BCUT2D eigenvalue weighted by molar-refractivity contribution is 0.0467. The van der Waals surface area contributed by atoms with Gasteiger partial charge in [0.15, 0.2) is 0 Å². The second-order valence-corrected chi connectivity index (χ2v) is 4.25. The van der Waals surface area contributed by atoms with Gasteiger partial charge in [-0.15, -0.1) is 0 Å². The van der Waals surface area contributed by atoms with Crippen LogP contribution in [0, 0.1) is 5.82 Å². The van der Waals surface area contributed by atoms with Gasteiger partial charge in [0.05, 0.1) is 6.10 Å². The van der Waals surface area contributed by atoms with Crippen molar-refractivity contribution in [3.8, 4) is 0 Å². The minimum Gasteiger partial charge on any atom is -0.396 e. The summed E-state index contributed by atoms with van der Waals surface area (Å²) in [6.45, 7) is 0.626. The van der Waals surface area contributed by atoms with Crippen molar-refractivity contribution < 1.29 is 14.2 Å². The number of benzene rings is 1. The van der Waals surface area contributed by atoms with Gasteiger partial charge in [-0.2, -0.15) is 0 Å². The molecule has 0 amide bonds. The highest BCUT2D eigenvalue weighted by Crippen LogP contribution is 2.23. The van der Waals surface area contributed by atoms with Gasteiger partial charge in [-0.3, -0.25) is 0 Å².